The third-order valence-electron chi connectivity index (χ3n) is 4.92. The lowest BCUT2D eigenvalue weighted by atomic mass is 9.98. The summed E-state index contributed by atoms with van der Waals surface area (Å²) in [6.07, 6.45) is 1.46. The predicted octanol–water partition coefficient (Wildman–Crippen LogP) is 5.24. The molecule has 1 aliphatic heterocycles. The number of halogens is 2. The monoisotopic (exact) mass is 422 g/mol. The Kier molecular flexibility index (Phi) is 4.15. The van der Waals surface area contributed by atoms with Gasteiger partial charge < -0.3 is 4.42 Å². The summed E-state index contributed by atoms with van der Waals surface area (Å²) in [6, 6.07) is 16.5. The minimum atomic E-state index is -0.690. The third-order valence-corrected chi connectivity index (χ3v) is 5.40. The van der Waals surface area contributed by atoms with Gasteiger partial charge >= 0.3 is 0 Å². The number of carbonyl (C=O) groups is 1. The summed E-state index contributed by atoms with van der Waals surface area (Å²) in [6.45, 7) is 0. The highest BCUT2D eigenvalue weighted by Crippen LogP contribution is 2.40. The first-order valence-electron chi connectivity index (χ1n) is 8.81. The topological polar surface area (TPSA) is 63.4 Å². The quantitative estimate of drug-likeness (QED) is 0.442. The molecule has 0 aliphatic carbocycles. The Morgan fingerprint density at radius 1 is 0.897 bits per heavy atom. The maximum atomic E-state index is 13.3. The fourth-order valence-electron chi connectivity index (χ4n) is 3.63. The van der Waals surface area contributed by atoms with Crippen LogP contribution in [0.25, 0.3) is 11.0 Å². The number of rotatable bonds is 2. The number of nitrogens with zero attached hydrogens (tertiary/aromatic N) is 2. The van der Waals surface area contributed by atoms with Gasteiger partial charge in [-0.25, -0.2) is 4.98 Å². The van der Waals surface area contributed by atoms with Crippen LogP contribution in [0.2, 0.25) is 10.0 Å². The Morgan fingerprint density at radius 3 is 2.34 bits per heavy atom. The van der Waals surface area contributed by atoms with E-state index in [9.17, 15) is 9.59 Å². The van der Waals surface area contributed by atoms with Gasteiger partial charge in [-0.05, 0) is 42.0 Å². The Balaban J connectivity index is 1.81. The van der Waals surface area contributed by atoms with Crippen molar-refractivity contribution in [3.63, 3.8) is 0 Å². The van der Waals surface area contributed by atoms with Crippen LogP contribution in [0.4, 0.5) is 5.82 Å². The number of hydrogen-bond donors (Lipinski definition) is 0. The van der Waals surface area contributed by atoms with Crippen molar-refractivity contribution in [1.82, 2.24) is 4.98 Å². The standard InChI is InChI=1S/C22H12Cl2N2O3/c23-13-7-5-12(6-8-13)19-18-20(27)15-3-1-2-4-16(15)29-21(18)22(28)26(19)17-10-9-14(24)11-25-17/h1-11,19H/t19-/m0/s1. The van der Waals surface area contributed by atoms with E-state index in [-0.39, 0.29) is 16.8 Å². The fourth-order valence-corrected chi connectivity index (χ4v) is 3.86. The van der Waals surface area contributed by atoms with Crippen molar-refractivity contribution < 1.29 is 9.21 Å². The van der Waals surface area contributed by atoms with Gasteiger partial charge in [-0.3, -0.25) is 14.5 Å². The second-order valence-corrected chi connectivity index (χ2v) is 7.51. The Morgan fingerprint density at radius 2 is 1.62 bits per heavy atom. The van der Waals surface area contributed by atoms with Crippen molar-refractivity contribution in [2.45, 2.75) is 6.04 Å². The molecule has 0 spiro atoms. The number of hydrogen-bond acceptors (Lipinski definition) is 4. The van der Waals surface area contributed by atoms with Crippen LogP contribution in [0.1, 0.15) is 27.7 Å². The molecule has 0 N–H and O–H groups in total. The molecule has 7 heteroatoms. The number of aromatic nitrogens is 1. The molecule has 4 aromatic rings. The van der Waals surface area contributed by atoms with E-state index < -0.39 is 11.9 Å². The molecule has 142 valence electrons. The zero-order chi connectivity index (χ0) is 20.1. The molecule has 0 fully saturated rings. The summed E-state index contributed by atoms with van der Waals surface area (Å²) < 4.78 is 5.88. The minimum absolute atomic E-state index is 0.0189. The van der Waals surface area contributed by atoms with Gasteiger partial charge in [-0.1, -0.05) is 47.5 Å². The largest absolute Gasteiger partial charge is 0.450 e. The highest BCUT2D eigenvalue weighted by atomic mass is 35.5. The van der Waals surface area contributed by atoms with Crippen LogP contribution in [0, 0.1) is 0 Å². The van der Waals surface area contributed by atoms with Crippen LogP contribution >= 0.6 is 23.2 Å². The summed E-state index contributed by atoms with van der Waals surface area (Å²) in [5.74, 6) is -0.0442. The number of anilines is 1. The van der Waals surface area contributed by atoms with Gasteiger partial charge in [0.1, 0.15) is 11.4 Å². The van der Waals surface area contributed by atoms with Gasteiger partial charge in [0.05, 0.1) is 22.0 Å². The Labute approximate surface area is 175 Å². The number of carbonyl (C=O) groups excluding carboxylic acids is 1. The smallest absolute Gasteiger partial charge is 0.296 e. The van der Waals surface area contributed by atoms with E-state index in [4.69, 9.17) is 27.6 Å². The summed E-state index contributed by atoms with van der Waals surface area (Å²) in [5.41, 5.74) is 1.13. The molecule has 3 heterocycles. The fraction of sp³-hybridized carbons (Fsp3) is 0.0455. The van der Waals surface area contributed by atoms with Crippen LogP contribution in [-0.2, 0) is 0 Å². The van der Waals surface area contributed by atoms with Crippen molar-refractivity contribution in [1.29, 1.82) is 0 Å². The van der Waals surface area contributed by atoms with Crippen molar-refractivity contribution in [2.24, 2.45) is 0 Å². The normalized spacial score (nSPS) is 15.7. The predicted molar refractivity (Wildman–Crippen MR) is 112 cm³/mol. The minimum Gasteiger partial charge on any atom is -0.450 e. The molecule has 2 aromatic carbocycles. The number of pyridine rings is 1. The van der Waals surface area contributed by atoms with Crippen LogP contribution in [0.3, 0.4) is 0 Å². The van der Waals surface area contributed by atoms with Crippen LogP contribution in [-0.4, -0.2) is 10.9 Å². The third kappa shape index (κ3) is 2.82. The van der Waals surface area contributed by atoms with E-state index in [0.29, 0.717) is 26.8 Å². The van der Waals surface area contributed by atoms with Crippen LogP contribution in [0.15, 0.2) is 76.1 Å². The van der Waals surface area contributed by atoms with Crippen LogP contribution in [0.5, 0.6) is 0 Å². The summed E-state index contributed by atoms with van der Waals surface area (Å²) in [4.78, 5) is 32.4. The average Bonchev–Trinajstić information content (AvgIpc) is 3.02. The van der Waals surface area contributed by atoms with Crippen LogP contribution < -0.4 is 10.3 Å². The Hall–Kier alpha value is -3.15. The molecule has 0 bridgehead atoms. The lowest BCUT2D eigenvalue weighted by Crippen LogP contribution is -2.30. The molecule has 29 heavy (non-hydrogen) atoms. The van der Waals surface area contributed by atoms with E-state index in [0.717, 1.165) is 5.56 Å². The second-order valence-electron chi connectivity index (χ2n) is 6.63. The lowest BCUT2D eigenvalue weighted by molar-refractivity contribution is 0.0970. The Bertz CT molecular complexity index is 1310. The molecule has 1 atom stereocenters. The highest BCUT2D eigenvalue weighted by Gasteiger charge is 2.44. The summed E-state index contributed by atoms with van der Waals surface area (Å²) in [5, 5.41) is 1.42. The van der Waals surface area contributed by atoms with Crippen molar-refractivity contribution in [2.75, 3.05) is 4.90 Å². The van der Waals surface area contributed by atoms with E-state index in [1.165, 1.54) is 11.1 Å². The number of amides is 1. The molecule has 5 nitrogen and oxygen atoms in total. The van der Waals surface area contributed by atoms with Gasteiger partial charge in [0.2, 0.25) is 5.76 Å². The zero-order valence-corrected chi connectivity index (χ0v) is 16.3. The van der Waals surface area contributed by atoms with E-state index in [2.05, 4.69) is 4.98 Å². The first kappa shape index (κ1) is 17.9. The SMILES string of the molecule is O=C1c2oc3ccccc3c(=O)c2[C@H](c2ccc(Cl)cc2)N1c1ccc(Cl)cn1. The highest BCUT2D eigenvalue weighted by molar-refractivity contribution is 6.30. The van der Waals surface area contributed by atoms with Gasteiger partial charge in [-0.2, -0.15) is 0 Å². The number of benzene rings is 2. The van der Waals surface area contributed by atoms with E-state index in [1.54, 1.807) is 60.7 Å². The molecule has 1 amide bonds. The second kappa shape index (κ2) is 6.72. The van der Waals surface area contributed by atoms with Gasteiger partial charge in [0.25, 0.3) is 5.91 Å². The maximum absolute atomic E-state index is 13.3. The number of para-hydroxylation sites is 1. The zero-order valence-electron chi connectivity index (χ0n) is 14.8. The molecular formula is C22H12Cl2N2O3. The van der Waals surface area contributed by atoms with Gasteiger partial charge in [0.15, 0.2) is 5.43 Å². The average molecular weight is 423 g/mol. The molecule has 0 saturated heterocycles. The van der Waals surface area contributed by atoms with Crippen molar-refractivity contribution >= 4 is 45.9 Å². The molecule has 5 rings (SSSR count). The van der Waals surface area contributed by atoms with Gasteiger partial charge in [0, 0.05) is 11.2 Å². The first-order chi connectivity index (χ1) is 14.0. The molecule has 0 saturated carbocycles. The molecule has 0 unspecified atom stereocenters. The summed E-state index contributed by atoms with van der Waals surface area (Å²) in [7, 11) is 0. The number of fused-ring (bicyclic) bond motifs is 2. The lowest BCUT2D eigenvalue weighted by Gasteiger charge is -2.24. The van der Waals surface area contributed by atoms with E-state index in [1.807, 2.05) is 0 Å². The van der Waals surface area contributed by atoms with Crippen molar-refractivity contribution in [3.05, 3.63) is 104 Å². The van der Waals surface area contributed by atoms with E-state index >= 15 is 0 Å². The maximum Gasteiger partial charge on any atom is 0.296 e. The molecule has 0 radical (unpaired) electrons. The van der Waals surface area contributed by atoms with Gasteiger partial charge in [-0.15, -0.1) is 0 Å². The van der Waals surface area contributed by atoms with Crippen molar-refractivity contribution in [3.8, 4) is 0 Å². The molecular weight excluding hydrogens is 411 g/mol. The first-order valence-corrected chi connectivity index (χ1v) is 9.56. The molecule has 2 aromatic heterocycles. The molecule has 1 aliphatic rings. The summed E-state index contributed by atoms with van der Waals surface area (Å²) >= 11 is 12.0.